The predicted molar refractivity (Wildman–Crippen MR) is 93.2 cm³/mol. The molecule has 0 aliphatic heterocycles. The second-order valence-corrected chi connectivity index (χ2v) is 7.27. The minimum atomic E-state index is -6.00. The molecule has 12 heteroatoms. The van der Waals surface area contributed by atoms with Crippen molar-refractivity contribution < 1.29 is 45.1 Å². The fourth-order valence-corrected chi connectivity index (χ4v) is 2.49. The molecule has 0 saturated carbocycles. The molecule has 29 heavy (non-hydrogen) atoms. The van der Waals surface area contributed by atoms with Crippen LogP contribution in [0.4, 0.5) is 13.2 Å². The van der Waals surface area contributed by atoms with Gasteiger partial charge < -0.3 is 18.8 Å². The topological polar surface area (TPSA) is 112 Å². The van der Waals surface area contributed by atoms with Crippen LogP contribution in [0, 0.1) is 0 Å². The van der Waals surface area contributed by atoms with E-state index in [1.54, 1.807) is 24.3 Å². The highest BCUT2D eigenvalue weighted by Gasteiger charge is 2.49. The van der Waals surface area contributed by atoms with Crippen molar-refractivity contribution in [2.75, 3.05) is 7.11 Å². The van der Waals surface area contributed by atoms with Gasteiger partial charge in [0.25, 0.3) is 0 Å². The third-order valence-corrected chi connectivity index (χ3v) is 4.67. The third kappa shape index (κ3) is 5.50. The number of hydrogen-bond donors (Lipinski definition) is 1. The molecule has 0 bridgehead atoms. The van der Waals surface area contributed by atoms with Crippen LogP contribution < -0.4 is 13.7 Å². The molecule has 0 amide bonds. The Balaban J connectivity index is 2.34. The summed E-state index contributed by atoms with van der Waals surface area (Å²) in [6.45, 7) is 1.08. The summed E-state index contributed by atoms with van der Waals surface area (Å²) in [5, 5.41) is 9.03. The van der Waals surface area contributed by atoms with Crippen molar-refractivity contribution in [1.29, 1.82) is 0 Å². The summed E-state index contributed by atoms with van der Waals surface area (Å²) in [5.74, 6) is -3.19. The van der Waals surface area contributed by atoms with Crippen molar-refractivity contribution in [3.05, 3.63) is 47.8 Å². The number of alkyl halides is 3. The Morgan fingerprint density at radius 1 is 1.21 bits per heavy atom. The molecule has 0 aliphatic rings. The summed E-state index contributed by atoms with van der Waals surface area (Å²) in [7, 11) is -4.53. The molecular weight excluding hydrogens is 419 g/mol. The number of hydrogen-bond acceptors (Lipinski definition) is 7. The van der Waals surface area contributed by atoms with E-state index in [9.17, 15) is 26.4 Å². The monoisotopic (exact) mass is 435 g/mol. The summed E-state index contributed by atoms with van der Waals surface area (Å²) in [4.78, 5) is 14.9. The molecule has 0 saturated heterocycles. The Bertz CT molecular complexity index is 976. The van der Waals surface area contributed by atoms with Gasteiger partial charge in [-0.25, -0.2) is 0 Å². The van der Waals surface area contributed by atoms with E-state index < -0.39 is 39.0 Å². The Kier molecular flexibility index (Phi) is 6.57. The summed E-state index contributed by atoms with van der Waals surface area (Å²) in [6, 6.07) is 7.28. The van der Waals surface area contributed by atoms with Crippen molar-refractivity contribution >= 4 is 16.1 Å². The molecule has 0 fully saturated rings. The van der Waals surface area contributed by atoms with Crippen molar-refractivity contribution in [3.63, 3.8) is 0 Å². The first-order valence-corrected chi connectivity index (χ1v) is 9.34. The molecule has 1 heterocycles. The predicted octanol–water partition coefficient (Wildman–Crippen LogP) is 3.09. The largest absolute Gasteiger partial charge is 0.534 e. The van der Waals surface area contributed by atoms with Gasteiger partial charge in [0, 0.05) is 6.07 Å². The average Bonchev–Trinajstić information content (AvgIpc) is 2.65. The SMILES string of the molecule is COc1ccc(COc2cnc(C(C)C(=O)O)cc2OS(=O)(=O)C(F)(F)F)cc1. The highest BCUT2D eigenvalue weighted by Crippen LogP contribution is 2.35. The first-order valence-electron chi connectivity index (χ1n) is 7.94. The lowest BCUT2D eigenvalue weighted by Crippen LogP contribution is -2.28. The fraction of sp³-hybridized carbons (Fsp3) is 0.294. The van der Waals surface area contributed by atoms with Gasteiger partial charge in [0.05, 0.1) is 24.9 Å². The molecule has 0 spiro atoms. The van der Waals surface area contributed by atoms with Crippen LogP contribution in [-0.4, -0.2) is 37.1 Å². The summed E-state index contributed by atoms with van der Waals surface area (Å²) in [5.41, 5.74) is -5.29. The summed E-state index contributed by atoms with van der Waals surface area (Å²) in [6.07, 6.45) is 0.902. The molecule has 0 radical (unpaired) electrons. The van der Waals surface area contributed by atoms with Gasteiger partial charge >= 0.3 is 21.6 Å². The Labute approximate surface area is 164 Å². The van der Waals surface area contributed by atoms with E-state index in [2.05, 4.69) is 9.17 Å². The maximum Gasteiger partial charge on any atom is 0.534 e. The second kappa shape index (κ2) is 8.55. The van der Waals surface area contributed by atoms with E-state index in [-0.39, 0.29) is 12.3 Å². The minimum absolute atomic E-state index is 0.151. The van der Waals surface area contributed by atoms with Gasteiger partial charge in [-0.2, -0.15) is 21.6 Å². The van der Waals surface area contributed by atoms with Crippen LogP contribution in [0.1, 0.15) is 24.1 Å². The maximum absolute atomic E-state index is 12.7. The van der Waals surface area contributed by atoms with Crippen molar-refractivity contribution in [2.24, 2.45) is 0 Å². The van der Waals surface area contributed by atoms with E-state index in [0.29, 0.717) is 11.3 Å². The van der Waals surface area contributed by atoms with Gasteiger partial charge in [0.1, 0.15) is 12.4 Å². The molecule has 2 aromatic rings. The van der Waals surface area contributed by atoms with Crippen LogP contribution in [0.3, 0.4) is 0 Å². The zero-order valence-corrected chi connectivity index (χ0v) is 16.0. The number of methoxy groups -OCH3 is 1. The number of carboxylic acids is 1. The van der Waals surface area contributed by atoms with E-state index in [0.717, 1.165) is 12.3 Å². The Morgan fingerprint density at radius 2 is 1.83 bits per heavy atom. The van der Waals surface area contributed by atoms with E-state index in [1.807, 2.05) is 0 Å². The van der Waals surface area contributed by atoms with Crippen molar-refractivity contribution in [1.82, 2.24) is 4.98 Å². The zero-order chi connectivity index (χ0) is 21.8. The summed E-state index contributed by atoms with van der Waals surface area (Å²) >= 11 is 0. The lowest BCUT2D eigenvalue weighted by molar-refractivity contribution is -0.138. The maximum atomic E-state index is 12.7. The van der Waals surface area contributed by atoms with Gasteiger partial charge in [-0.3, -0.25) is 9.78 Å². The van der Waals surface area contributed by atoms with Crippen LogP contribution >= 0.6 is 0 Å². The fourth-order valence-electron chi connectivity index (χ4n) is 2.02. The molecule has 158 valence electrons. The number of benzene rings is 1. The molecule has 8 nitrogen and oxygen atoms in total. The van der Waals surface area contributed by atoms with E-state index in [4.69, 9.17) is 14.6 Å². The number of nitrogens with zero attached hydrogens (tertiary/aromatic N) is 1. The highest BCUT2D eigenvalue weighted by atomic mass is 32.2. The first-order chi connectivity index (χ1) is 13.4. The number of carboxylic acid groups (broad SMARTS) is 1. The van der Waals surface area contributed by atoms with Crippen LogP contribution in [-0.2, 0) is 21.5 Å². The van der Waals surface area contributed by atoms with Gasteiger partial charge in [-0.15, -0.1) is 0 Å². The lowest BCUT2D eigenvalue weighted by atomic mass is 10.1. The standard InChI is InChI=1S/C17H16F3NO7S/c1-10(16(22)23)13-7-14(28-29(24,25)17(18,19)20)15(8-21-13)27-9-11-3-5-12(26-2)6-4-11/h3-8,10H,9H2,1-2H3,(H,22,23). The van der Waals surface area contributed by atoms with Crippen LogP contribution in [0.2, 0.25) is 0 Å². The number of halogens is 3. The lowest BCUT2D eigenvalue weighted by Gasteiger charge is -2.15. The molecule has 2 rings (SSSR count). The number of aromatic nitrogens is 1. The molecule has 1 atom stereocenters. The van der Waals surface area contributed by atoms with E-state index >= 15 is 0 Å². The molecule has 1 N–H and O–H groups in total. The van der Waals surface area contributed by atoms with Gasteiger partial charge in [0.15, 0.2) is 11.5 Å². The normalized spacial score (nSPS) is 12.9. The Morgan fingerprint density at radius 3 is 2.34 bits per heavy atom. The third-order valence-electron chi connectivity index (χ3n) is 3.70. The number of pyridine rings is 1. The highest BCUT2D eigenvalue weighted by molar-refractivity contribution is 7.88. The van der Waals surface area contributed by atoms with Crippen molar-refractivity contribution in [3.8, 4) is 17.2 Å². The molecule has 1 unspecified atom stereocenters. The summed E-state index contributed by atoms with van der Waals surface area (Å²) < 4.78 is 75.3. The number of rotatable bonds is 8. The minimum Gasteiger partial charge on any atom is -0.497 e. The van der Waals surface area contributed by atoms with E-state index in [1.165, 1.54) is 14.0 Å². The molecular formula is C17H16F3NO7S. The molecule has 1 aromatic heterocycles. The number of carbonyl (C=O) groups is 1. The number of ether oxygens (including phenoxy) is 2. The second-order valence-electron chi connectivity index (χ2n) is 5.74. The zero-order valence-electron chi connectivity index (χ0n) is 15.1. The van der Waals surface area contributed by atoms with Gasteiger partial charge in [-0.1, -0.05) is 12.1 Å². The van der Waals surface area contributed by atoms with Gasteiger partial charge in [0.2, 0.25) is 0 Å². The van der Waals surface area contributed by atoms with Crippen LogP contribution in [0.5, 0.6) is 17.2 Å². The quantitative estimate of drug-likeness (QED) is 0.497. The number of aliphatic carboxylic acids is 1. The van der Waals surface area contributed by atoms with Crippen molar-refractivity contribution in [2.45, 2.75) is 25.0 Å². The smallest absolute Gasteiger partial charge is 0.497 e. The molecule has 1 aromatic carbocycles. The van der Waals surface area contributed by atoms with Crippen LogP contribution in [0.25, 0.3) is 0 Å². The molecule has 0 aliphatic carbocycles. The first kappa shape index (κ1) is 22.3. The Hall–Kier alpha value is -3.02. The average molecular weight is 435 g/mol. The van der Waals surface area contributed by atoms with Gasteiger partial charge in [-0.05, 0) is 24.6 Å². The van der Waals surface area contributed by atoms with Crippen LogP contribution in [0.15, 0.2) is 36.5 Å².